The molecule has 8 heteroatoms. The maximum absolute atomic E-state index is 11.9. The summed E-state index contributed by atoms with van der Waals surface area (Å²) in [6, 6.07) is 22.1. The van der Waals surface area contributed by atoms with E-state index in [1.807, 2.05) is 54.6 Å². The molecule has 1 aliphatic heterocycles. The molecule has 2 atom stereocenters. The third kappa shape index (κ3) is 6.38. The number of aliphatic hydroxyl groups is 1. The summed E-state index contributed by atoms with van der Waals surface area (Å²) in [6.07, 6.45) is -0.986. The highest BCUT2D eigenvalue weighted by atomic mass is 35.5. The van der Waals surface area contributed by atoms with Crippen molar-refractivity contribution in [2.45, 2.75) is 18.8 Å². The van der Waals surface area contributed by atoms with E-state index in [4.69, 9.17) is 19.9 Å². The highest BCUT2D eigenvalue weighted by Crippen LogP contribution is 2.30. The second-order valence-corrected chi connectivity index (χ2v) is 7.57. The lowest BCUT2D eigenvalue weighted by molar-refractivity contribution is 0.0858. The quantitative estimate of drug-likeness (QED) is 0.443. The van der Waals surface area contributed by atoms with Gasteiger partial charge in [-0.25, -0.2) is 0 Å². The predicted molar refractivity (Wildman–Crippen MR) is 127 cm³/mol. The number of ether oxygens (including phenoxy) is 3. The van der Waals surface area contributed by atoms with Gasteiger partial charge in [0, 0.05) is 13.1 Å². The standard InChI is InChI=1S/C25H26N2O5.ClH/c26-25(29)20-12-18(10-11-22(20)30-15-17-6-2-1-3-7-17)21(28)14-27-13-19-16-31-23-8-4-5-9-24(23)32-19;/h1-12,19,21,27-28H,13-16H2,(H2,26,29);1H. The summed E-state index contributed by atoms with van der Waals surface area (Å²) in [6.45, 7) is 1.53. The van der Waals surface area contributed by atoms with Crippen LogP contribution >= 0.6 is 12.4 Å². The molecule has 0 saturated heterocycles. The van der Waals surface area contributed by atoms with Crippen molar-refractivity contribution in [3.8, 4) is 17.2 Å². The molecule has 0 bridgehead atoms. The Morgan fingerprint density at radius 1 is 1.09 bits per heavy atom. The zero-order valence-electron chi connectivity index (χ0n) is 18.0. The van der Waals surface area contributed by atoms with E-state index in [2.05, 4.69) is 5.32 Å². The van der Waals surface area contributed by atoms with Crippen LogP contribution in [0.2, 0.25) is 0 Å². The van der Waals surface area contributed by atoms with Crippen LogP contribution in [-0.4, -0.2) is 36.8 Å². The first-order chi connectivity index (χ1) is 15.6. The maximum atomic E-state index is 11.9. The van der Waals surface area contributed by atoms with Crippen LogP contribution < -0.4 is 25.3 Å². The van der Waals surface area contributed by atoms with Gasteiger partial charge in [0.25, 0.3) is 5.91 Å². The number of para-hydroxylation sites is 2. The number of hydrogen-bond acceptors (Lipinski definition) is 6. The predicted octanol–water partition coefficient (Wildman–Crippen LogP) is 3.25. The van der Waals surface area contributed by atoms with E-state index in [-0.39, 0.29) is 30.6 Å². The summed E-state index contributed by atoms with van der Waals surface area (Å²) in [4.78, 5) is 11.9. The lowest BCUT2D eigenvalue weighted by atomic mass is 10.0. The molecule has 0 aromatic heterocycles. The smallest absolute Gasteiger partial charge is 0.252 e. The van der Waals surface area contributed by atoms with Crippen molar-refractivity contribution in [2.75, 3.05) is 19.7 Å². The first-order valence-corrected chi connectivity index (χ1v) is 10.5. The van der Waals surface area contributed by atoms with E-state index in [0.29, 0.717) is 36.8 Å². The molecular formula is C25H27ClN2O5. The van der Waals surface area contributed by atoms with E-state index < -0.39 is 12.0 Å². The summed E-state index contributed by atoms with van der Waals surface area (Å²) in [5.74, 6) is 1.22. The van der Waals surface area contributed by atoms with Crippen LogP contribution in [0.1, 0.15) is 27.6 Å². The number of rotatable bonds is 9. The fourth-order valence-electron chi connectivity index (χ4n) is 3.47. The summed E-state index contributed by atoms with van der Waals surface area (Å²) in [7, 11) is 0. The number of primary amides is 1. The van der Waals surface area contributed by atoms with Crippen LogP contribution in [0.5, 0.6) is 17.2 Å². The zero-order valence-corrected chi connectivity index (χ0v) is 18.8. The summed E-state index contributed by atoms with van der Waals surface area (Å²) in [5.41, 5.74) is 7.33. The van der Waals surface area contributed by atoms with Crippen LogP contribution in [0.3, 0.4) is 0 Å². The van der Waals surface area contributed by atoms with Gasteiger partial charge in [0.2, 0.25) is 0 Å². The van der Waals surface area contributed by atoms with Crippen LogP contribution in [0.25, 0.3) is 0 Å². The van der Waals surface area contributed by atoms with E-state index >= 15 is 0 Å². The van der Waals surface area contributed by atoms with Gasteiger partial charge in [-0.3, -0.25) is 4.79 Å². The second-order valence-electron chi connectivity index (χ2n) is 7.57. The molecule has 7 nitrogen and oxygen atoms in total. The van der Waals surface area contributed by atoms with Crippen molar-refractivity contribution >= 4 is 18.3 Å². The van der Waals surface area contributed by atoms with Crippen molar-refractivity contribution in [1.29, 1.82) is 0 Å². The molecule has 4 N–H and O–H groups in total. The second kappa shape index (κ2) is 11.6. The lowest BCUT2D eigenvalue weighted by Crippen LogP contribution is -2.39. The highest BCUT2D eigenvalue weighted by molar-refractivity contribution is 5.95. The molecule has 174 valence electrons. The molecule has 0 fully saturated rings. The number of amides is 1. The monoisotopic (exact) mass is 470 g/mol. The van der Waals surface area contributed by atoms with Gasteiger partial charge < -0.3 is 30.4 Å². The summed E-state index contributed by atoms with van der Waals surface area (Å²) >= 11 is 0. The first kappa shape index (κ1) is 24.4. The number of fused-ring (bicyclic) bond motifs is 1. The first-order valence-electron chi connectivity index (χ1n) is 10.5. The summed E-state index contributed by atoms with van der Waals surface area (Å²) < 4.78 is 17.4. The van der Waals surface area contributed by atoms with Crippen molar-refractivity contribution in [3.63, 3.8) is 0 Å². The van der Waals surface area contributed by atoms with Crippen molar-refractivity contribution in [3.05, 3.63) is 89.5 Å². The van der Waals surface area contributed by atoms with Gasteiger partial charge in [0.15, 0.2) is 11.5 Å². The van der Waals surface area contributed by atoms with Gasteiger partial charge in [-0.1, -0.05) is 48.5 Å². The van der Waals surface area contributed by atoms with Gasteiger partial charge in [-0.15, -0.1) is 12.4 Å². The minimum atomic E-state index is -0.826. The number of hydrogen-bond donors (Lipinski definition) is 3. The highest BCUT2D eigenvalue weighted by Gasteiger charge is 2.21. The Balaban J connectivity index is 0.00000306. The Morgan fingerprint density at radius 3 is 2.58 bits per heavy atom. The number of benzene rings is 3. The van der Waals surface area contributed by atoms with Gasteiger partial charge in [0.1, 0.15) is 25.1 Å². The van der Waals surface area contributed by atoms with Crippen LogP contribution in [0.4, 0.5) is 0 Å². The third-order valence-electron chi connectivity index (χ3n) is 5.17. The normalized spacial score (nSPS) is 15.2. The number of carbonyl (C=O) groups excluding carboxylic acids is 1. The number of halogens is 1. The van der Waals surface area contributed by atoms with E-state index in [0.717, 1.165) is 11.3 Å². The molecule has 0 spiro atoms. The van der Waals surface area contributed by atoms with Crippen molar-refractivity contribution in [2.24, 2.45) is 5.73 Å². The Kier molecular flexibility index (Phi) is 8.54. The van der Waals surface area contributed by atoms with Crippen LogP contribution in [0.15, 0.2) is 72.8 Å². The Morgan fingerprint density at radius 2 is 1.82 bits per heavy atom. The third-order valence-corrected chi connectivity index (χ3v) is 5.17. The molecule has 0 saturated carbocycles. The summed E-state index contributed by atoms with van der Waals surface area (Å²) in [5, 5.41) is 13.8. The molecule has 1 heterocycles. The minimum Gasteiger partial charge on any atom is -0.488 e. The van der Waals surface area contributed by atoms with Crippen LogP contribution in [0, 0.1) is 0 Å². The fourth-order valence-corrected chi connectivity index (χ4v) is 3.47. The number of aliphatic hydroxyl groups excluding tert-OH is 1. The van der Waals surface area contributed by atoms with Gasteiger partial charge in [-0.2, -0.15) is 0 Å². The lowest BCUT2D eigenvalue weighted by Gasteiger charge is -2.27. The van der Waals surface area contributed by atoms with Gasteiger partial charge in [-0.05, 0) is 35.4 Å². The molecule has 4 rings (SSSR count). The van der Waals surface area contributed by atoms with Crippen molar-refractivity contribution < 1.29 is 24.1 Å². The topological polar surface area (TPSA) is 103 Å². The molecule has 0 radical (unpaired) electrons. The fraction of sp³-hybridized carbons (Fsp3) is 0.240. The number of nitrogens with one attached hydrogen (secondary N) is 1. The molecule has 1 amide bonds. The largest absolute Gasteiger partial charge is 0.488 e. The molecule has 2 unspecified atom stereocenters. The average molecular weight is 471 g/mol. The maximum Gasteiger partial charge on any atom is 0.252 e. The van der Waals surface area contributed by atoms with E-state index in [9.17, 15) is 9.90 Å². The number of carbonyl (C=O) groups is 1. The Labute approximate surface area is 198 Å². The van der Waals surface area contributed by atoms with Gasteiger partial charge >= 0.3 is 0 Å². The van der Waals surface area contributed by atoms with E-state index in [1.54, 1.807) is 18.2 Å². The average Bonchev–Trinajstić information content (AvgIpc) is 2.83. The van der Waals surface area contributed by atoms with Gasteiger partial charge in [0.05, 0.1) is 11.7 Å². The zero-order chi connectivity index (χ0) is 22.3. The molecular weight excluding hydrogens is 444 g/mol. The molecule has 0 aliphatic carbocycles. The Hall–Kier alpha value is -3.26. The molecule has 1 aliphatic rings. The Bertz CT molecular complexity index is 1060. The van der Waals surface area contributed by atoms with Crippen LogP contribution in [-0.2, 0) is 6.61 Å². The molecule has 3 aromatic rings. The number of nitrogens with two attached hydrogens (primary N) is 1. The molecule has 33 heavy (non-hydrogen) atoms. The SMILES string of the molecule is Cl.NC(=O)c1cc(C(O)CNCC2COc3ccccc3O2)ccc1OCc1ccccc1. The van der Waals surface area contributed by atoms with E-state index in [1.165, 1.54) is 0 Å². The van der Waals surface area contributed by atoms with Crippen molar-refractivity contribution in [1.82, 2.24) is 5.32 Å². The molecule has 3 aromatic carbocycles. The minimum absolute atomic E-state index is 0.